The van der Waals surface area contributed by atoms with Crippen LogP contribution in [0.3, 0.4) is 0 Å². The largest absolute Gasteiger partial charge is 0.497 e. The minimum Gasteiger partial charge on any atom is -0.497 e. The summed E-state index contributed by atoms with van der Waals surface area (Å²) in [5.74, 6) is -9.70. The van der Waals surface area contributed by atoms with Gasteiger partial charge in [0.15, 0.2) is 18.9 Å². The Kier molecular flexibility index (Phi) is 52.4. The van der Waals surface area contributed by atoms with E-state index in [4.69, 9.17) is 75.8 Å². The lowest BCUT2D eigenvalue weighted by Crippen LogP contribution is -2.62. The summed E-state index contributed by atoms with van der Waals surface area (Å²) >= 11 is 0. The summed E-state index contributed by atoms with van der Waals surface area (Å²) in [6.07, 6.45) is -9.83. The number of ketones is 4. The van der Waals surface area contributed by atoms with Gasteiger partial charge in [0.1, 0.15) is 96.7 Å². The molecule has 0 aromatic heterocycles. The Bertz CT molecular complexity index is 4560. The Hall–Kier alpha value is -11.8. The highest BCUT2D eigenvalue weighted by atomic mass is 16.7. The Morgan fingerprint density at radius 3 is 1.06 bits per heavy atom. The predicted molar refractivity (Wildman–Crippen MR) is 506 cm³/mol. The van der Waals surface area contributed by atoms with Crippen LogP contribution in [0.5, 0.6) is 11.5 Å². The third-order valence-electron chi connectivity index (χ3n) is 24.0. The van der Waals surface area contributed by atoms with Gasteiger partial charge < -0.3 is 117 Å². The first kappa shape index (κ1) is 119. The standard InChI is InChI=1S/C101H145N7O34/c1-62(109)33-48-90(125)139-86(61-135-101(75-28-17-16-18-29-75,76-34-41-81(127-14)42-35-76)77-36-43-82(128-15)44-37-77)97(126)108(52-26-50-103-88(123)46-39-79(120)31-20-23-56-130-99-92(105-67(6)111)64(3)95(137-73(12)117)84(141-99)59-133-70(9)114)54-27-53-107(89(124)47-40-80(121)32-21-24-57-131-100-93(106-68(7)112)65(4)96(138-74(13)118)85(142-100)60-134-71(10)115)51-25-49-102-87(122)45-38-78(119)30-19-22-55-129-98-91(104-66(5)110)63(2)94(136-72(11)116)83(140-98)58-132-69(8)113/h16-18,28-29,34-37,41-44,63-65,83-86,91-96,98-100H,19-27,30-33,38-40,45-61H2,1-15H3,(H,102,122)(H,103,123)(H,104,110)(H,105,111)(H,106,112)/t63-,64-,65-,83?,84?,85?,86?,91?,92?,93?,94-,95-,96-,98-,99-,100-/m1/s1. The number of hydrogen-bond acceptors (Lipinski definition) is 34. The number of rotatable bonds is 64. The van der Waals surface area contributed by atoms with Crippen molar-refractivity contribution in [2.45, 2.75) is 304 Å². The van der Waals surface area contributed by atoms with Crippen LogP contribution in [-0.4, -0.2) is 296 Å². The molecule has 41 heteroatoms. The van der Waals surface area contributed by atoms with Crippen molar-refractivity contribution < 1.29 is 162 Å². The fraction of sp³-hybridized carbons (Fsp3) is 0.644. The van der Waals surface area contributed by atoms with E-state index in [0.29, 0.717) is 60.3 Å². The van der Waals surface area contributed by atoms with Crippen molar-refractivity contribution in [3.63, 3.8) is 0 Å². The van der Waals surface area contributed by atoms with E-state index in [1.54, 1.807) is 69.3 Å². The van der Waals surface area contributed by atoms with Crippen LogP contribution in [0.1, 0.15) is 235 Å². The molecule has 3 saturated heterocycles. The smallest absolute Gasteiger partial charge is 0.307 e. The summed E-state index contributed by atoms with van der Waals surface area (Å²) < 4.78 is 93.5. The van der Waals surface area contributed by atoms with Crippen molar-refractivity contribution in [2.24, 2.45) is 17.8 Å². The minimum absolute atomic E-state index is 0.00565. The lowest BCUT2D eigenvalue weighted by molar-refractivity contribution is -0.262. The summed E-state index contributed by atoms with van der Waals surface area (Å²) in [7, 11) is 3.03. The van der Waals surface area contributed by atoms with Crippen LogP contribution >= 0.6 is 0 Å². The van der Waals surface area contributed by atoms with Crippen molar-refractivity contribution in [2.75, 3.05) is 99.7 Å². The number of ether oxygens (including phenoxy) is 16. The van der Waals surface area contributed by atoms with Gasteiger partial charge in [-0.25, -0.2) is 0 Å². The maximum Gasteiger partial charge on any atom is 0.307 e. The quantitative estimate of drug-likeness (QED) is 0.0164. The number of carbonyl (C=O) groups excluding carboxylic acids is 18. The van der Waals surface area contributed by atoms with Crippen LogP contribution < -0.4 is 36.1 Å². The van der Waals surface area contributed by atoms with E-state index in [9.17, 15) is 81.5 Å². The fourth-order valence-corrected chi connectivity index (χ4v) is 16.8. The van der Waals surface area contributed by atoms with Crippen LogP contribution in [0.25, 0.3) is 0 Å². The summed E-state index contributed by atoms with van der Waals surface area (Å²) in [6, 6.07) is 20.9. The topological polar surface area (TPSA) is 522 Å². The van der Waals surface area contributed by atoms with Crippen LogP contribution in [0, 0.1) is 17.8 Å². The number of esters is 7. The SMILES string of the molecule is COc1ccc(C(OCC(OC(=O)CCC(C)=O)C(=O)N(CCCNC(=O)CCC(=O)CCCCO[C@@H]2OC(COC(C)=O)[C@H](OC(C)=O)[C@H](C)C2NC(C)=O)CCCN(CCCNC(=O)CCC(=O)CCCCO[C@@H]2OC(COC(C)=O)[C@H](OC(C)=O)[C@H](C)C2NC(C)=O)C(=O)CCC(=O)CCCCO[C@@H]2OC(COC(C)=O)[C@H](OC(C)=O)[C@H](C)C2NC(C)=O)(c2ccccc2)c2ccc(OC)cc2)cc1. The van der Waals surface area contributed by atoms with Crippen LogP contribution in [-0.2, 0) is 158 Å². The number of carbonyl (C=O) groups is 18. The first-order chi connectivity index (χ1) is 67.6. The van der Waals surface area contributed by atoms with Gasteiger partial charge in [0, 0.05) is 203 Å². The highest BCUT2D eigenvalue weighted by Crippen LogP contribution is 2.43. The predicted octanol–water partition coefficient (Wildman–Crippen LogP) is 7.04. The average Bonchev–Trinajstić information content (AvgIpc) is 0.749. The Labute approximate surface area is 829 Å². The van der Waals surface area contributed by atoms with Crippen molar-refractivity contribution in [1.82, 2.24) is 36.4 Å². The van der Waals surface area contributed by atoms with Crippen molar-refractivity contribution in [1.29, 1.82) is 0 Å². The van der Waals surface area contributed by atoms with Crippen molar-refractivity contribution in [3.8, 4) is 11.5 Å². The first-order valence-electron chi connectivity index (χ1n) is 48.5. The lowest BCUT2D eigenvalue weighted by Gasteiger charge is -2.44. The molecule has 5 N–H and O–H groups in total. The fourth-order valence-electron chi connectivity index (χ4n) is 16.8. The molecule has 3 aliphatic heterocycles. The normalized spacial score (nSPS) is 21.0. The third kappa shape index (κ3) is 41.7. The number of benzene rings is 3. The van der Waals surface area contributed by atoms with Gasteiger partial charge in [-0.15, -0.1) is 0 Å². The molecule has 3 aliphatic rings. The summed E-state index contributed by atoms with van der Waals surface area (Å²) in [4.78, 5) is 237. The van der Waals surface area contributed by atoms with E-state index < -0.39 is 199 Å². The molecule has 3 fully saturated rings. The van der Waals surface area contributed by atoms with Gasteiger partial charge in [-0.05, 0) is 106 Å². The molecule has 3 heterocycles. The van der Waals surface area contributed by atoms with Crippen LogP contribution in [0.2, 0.25) is 0 Å². The molecule has 0 radical (unpaired) electrons. The lowest BCUT2D eigenvalue weighted by atomic mass is 9.80. The van der Waals surface area contributed by atoms with Gasteiger partial charge in [0.25, 0.3) is 5.91 Å². The molecule has 0 aliphatic carbocycles. The second kappa shape index (κ2) is 62.6. The summed E-state index contributed by atoms with van der Waals surface area (Å²) in [6.45, 7) is 16.1. The van der Waals surface area contributed by atoms with Gasteiger partial charge in [0.2, 0.25) is 41.5 Å². The van der Waals surface area contributed by atoms with E-state index in [1.807, 2.05) is 30.3 Å². The van der Waals surface area contributed by atoms with Crippen molar-refractivity contribution >= 4 is 106 Å². The molecular formula is C101H145N7O34. The molecule has 0 spiro atoms. The Balaban J connectivity index is 1.21. The molecule has 142 heavy (non-hydrogen) atoms. The van der Waals surface area contributed by atoms with E-state index >= 15 is 4.79 Å². The first-order valence-corrected chi connectivity index (χ1v) is 48.5. The zero-order chi connectivity index (χ0) is 105. The zero-order valence-electron chi connectivity index (χ0n) is 84.4. The van der Waals surface area contributed by atoms with Crippen LogP contribution in [0.4, 0.5) is 0 Å². The number of unbranched alkanes of at least 4 members (excludes halogenated alkanes) is 3. The average molecular weight is 2000 g/mol. The molecule has 41 nitrogen and oxygen atoms in total. The van der Waals surface area contributed by atoms with Crippen molar-refractivity contribution in [3.05, 3.63) is 95.6 Å². The Morgan fingerprint density at radius 2 is 0.718 bits per heavy atom. The molecule has 0 bridgehead atoms. The molecule has 788 valence electrons. The highest BCUT2D eigenvalue weighted by molar-refractivity contribution is 5.88. The zero-order valence-corrected chi connectivity index (χ0v) is 84.4. The van der Waals surface area contributed by atoms with Crippen LogP contribution in [0.15, 0.2) is 78.9 Å². The van der Waals surface area contributed by atoms with E-state index in [0.717, 1.165) is 0 Å². The Morgan fingerprint density at radius 1 is 0.373 bits per heavy atom. The third-order valence-corrected chi connectivity index (χ3v) is 24.0. The monoisotopic (exact) mass is 2000 g/mol. The maximum atomic E-state index is 15.9. The molecule has 3 aromatic rings. The number of hydrogen-bond donors (Lipinski definition) is 5. The second-order valence-corrected chi connectivity index (χ2v) is 35.6. The molecular weight excluding hydrogens is 1860 g/mol. The number of amides is 7. The van der Waals surface area contributed by atoms with E-state index in [2.05, 4.69) is 26.6 Å². The van der Waals surface area contributed by atoms with E-state index in [-0.39, 0.29) is 192 Å². The van der Waals surface area contributed by atoms with Gasteiger partial charge in [-0.2, -0.15) is 0 Å². The molecule has 3 aromatic carbocycles. The minimum atomic E-state index is -1.74. The maximum absolute atomic E-state index is 15.9. The van der Waals surface area contributed by atoms with Gasteiger partial charge in [-0.1, -0.05) is 75.4 Å². The number of nitrogens with zero attached hydrogens (tertiary/aromatic N) is 2. The second-order valence-electron chi connectivity index (χ2n) is 35.6. The summed E-state index contributed by atoms with van der Waals surface area (Å²) in [5, 5.41) is 14.1. The van der Waals surface area contributed by atoms with E-state index in [1.165, 1.54) is 93.3 Å². The number of nitrogens with one attached hydrogen (secondary N) is 5. The molecule has 7 amide bonds. The van der Waals surface area contributed by atoms with Gasteiger partial charge in [-0.3, -0.25) is 81.5 Å². The molecule has 0 saturated carbocycles. The van der Waals surface area contributed by atoms with Gasteiger partial charge >= 0.3 is 41.8 Å². The number of methoxy groups -OCH3 is 2. The molecule has 7 unspecified atom stereocenters. The van der Waals surface area contributed by atoms with Gasteiger partial charge in [0.05, 0.1) is 45.4 Å². The molecule has 6 rings (SSSR count). The number of Topliss-reactive ketones (excluding diaryl/α,β-unsaturated/α-hetero) is 4. The molecule has 16 atom stereocenters. The highest BCUT2D eigenvalue weighted by Gasteiger charge is 2.51. The summed E-state index contributed by atoms with van der Waals surface area (Å²) in [5.41, 5.74) is 0.143.